The molecule has 1 aliphatic rings. The van der Waals surface area contributed by atoms with E-state index in [1.54, 1.807) is 4.90 Å². The van der Waals surface area contributed by atoms with E-state index in [0.717, 1.165) is 0 Å². The van der Waals surface area contributed by atoms with Gasteiger partial charge in [0.2, 0.25) is 11.6 Å². The van der Waals surface area contributed by atoms with Gasteiger partial charge in [0.25, 0.3) is 11.8 Å². The van der Waals surface area contributed by atoms with E-state index >= 15 is 0 Å². The third kappa shape index (κ3) is 4.61. The normalized spacial score (nSPS) is 16.7. The molecule has 1 aromatic carbocycles. The summed E-state index contributed by atoms with van der Waals surface area (Å²) in [5.41, 5.74) is 0.517. The zero-order valence-corrected chi connectivity index (χ0v) is 16.3. The third-order valence-electron chi connectivity index (χ3n) is 4.71. The van der Waals surface area contributed by atoms with Crippen LogP contribution in [-0.2, 0) is 10.9 Å². The number of morpholine rings is 1. The Kier molecular flexibility index (Phi) is 5.90. The number of alkyl halides is 3. The predicted molar refractivity (Wildman–Crippen MR) is 99.2 cm³/mol. The number of nitrogens with one attached hydrogen (secondary N) is 1. The Morgan fingerprint density at radius 2 is 1.94 bits per heavy atom. The molecule has 13 heteroatoms. The number of aromatic nitrogens is 3. The van der Waals surface area contributed by atoms with Crippen LogP contribution in [-0.4, -0.2) is 64.4 Å². The number of hydrogen-bond donors (Lipinski definition) is 1. The van der Waals surface area contributed by atoms with Crippen molar-refractivity contribution in [1.82, 2.24) is 25.5 Å². The minimum Gasteiger partial charge on any atom is -0.377 e. The molecule has 0 unspecified atom stereocenters. The molecule has 0 spiro atoms. The molecule has 1 atom stereocenters. The van der Waals surface area contributed by atoms with E-state index in [0.29, 0.717) is 13.2 Å². The van der Waals surface area contributed by atoms with Crippen LogP contribution in [0.4, 0.5) is 13.2 Å². The van der Waals surface area contributed by atoms with Gasteiger partial charge in [-0.2, -0.15) is 18.2 Å². The highest BCUT2D eigenvalue weighted by atomic mass is 19.4. The molecule has 1 aliphatic heterocycles. The Labute approximate surface area is 178 Å². The average molecular weight is 451 g/mol. The summed E-state index contributed by atoms with van der Waals surface area (Å²) in [5.74, 6) is -2.39. The van der Waals surface area contributed by atoms with Crippen molar-refractivity contribution < 1.29 is 36.5 Å². The number of hydrogen-bond acceptors (Lipinski definition) is 8. The molecule has 32 heavy (non-hydrogen) atoms. The number of rotatable bonds is 5. The first kappa shape index (κ1) is 21.5. The number of benzene rings is 1. The van der Waals surface area contributed by atoms with E-state index in [2.05, 4.69) is 25.1 Å². The maximum absolute atomic E-state index is 12.6. The van der Waals surface area contributed by atoms with Gasteiger partial charge < -0.3 is 24.0 Å². The molecule has 0 radical (unpaired) electrons. The number of carbonyl (C=O) groups is 2. The fourth-order valence-corrected chi connectivity index (χ4v) is 3.10. The van der Waals surface area contributed by atoms with Crippen LogP contribution in [0.25, 0.3) is 11.4 Å². The molecule has 0 saturated carbocycles. The molecule has 4 rings (SSSR count). The van der Waals surface area contributed by atoms with Crippen LogP contribution < -0.4 is 5.32 Å². The summed E-state index contributed by atoms with van der Waals surface area (Å²) in [7, 11) is 0. The average Bonchev–Trinajstić information content (AvgIpc) is 3.50. The second kappa shape index (κ2) is 8.78. The zero-order valence-electron chi connectivity index (χ0n) is 16.3. The topological polar surface area (TPSA) is 124 Å². The van der Waals surface area contributed by atoms with Crippen LogP contribution in [0.5, 0.6) is 0 Å². The molecule has 3 heterocycles. The van der Waals surface area contributed by atoms with Gasteiger partial charge in [-0.15, -0.1) is 0 Å². The molecular weight excluding hydrogens is 435 g/mol. The van der Waals surface area contributed by atoms with Crippen molar-refractivity contribution >= 4 is 11.8 Å². The van der Waals surface area contributed by atoms with Gasteiger partial charge in [-0.05, 0) is 12.1 Å². The maximum atomic E-state index is 12.6. The lowest BCUT2D eigenvalue weighted by Gasteiger charge is -2.35. The minimum atomic E-state index is -4.74. The Morgan fingerprint density at radius 3 is 2.59 bits per heavy atom. The predicted octanol–water partition coefficient (Wildman–Crippen LogP) is 2.01. The Hall–Kier alpha value is -3.74. The molecule has 10 nitrogen and oxygen atoms in total. The van der Waals surface area contributed by atoms with Gasteiger partial charge in [0.15, 0.2) is 0 Å². The molecule has 0 bridgehead atoms. The summed E-state index contributed by atoms with van der Waals surface area (Å²) in [6.45, 7) is 1.05. The zero-order chi connectivity index (χ0) is 22.7. The minimum absolute atomic E-state index is 0.0916. The van der Waals surface area contributed by atoms with Gasteiger partial charge in [-0.3, -0.25) is 9.59 Å². The Morgan fingerprint density at radius 1 is 1.16 bits per heavy atom. The summed E-state index contributed by atoms with van der Waals surface area (Å²) in [6, 6.07) is 6.69. The van der Waals surface area contributed by atoms with Crippen LogP contribution in [0, 0.1) is 0 Å². The summed E-state index contributed by atoms with van der Waals surface area (Å²) in [5, 5.41) is 9.55. The van der Waals surface area contributed by atoms with Gasteiger partial charge in [-0.25, -0.2) is 0 Å². The molecule has 1 fully saturated rings. The number of carbonyl (C=O) groups excluding carboxylic acids is 2. The smallest absolute Gasteiger partial charge is 0.377 e. The van der Waals surface area contributed by atoms with Crippen molar-refractivity contribution in [2.45, 2.75) is 12.2 Å². The largest absolute Gasteiger partial charge is 0.471 e. The van der Waals surface area contributed by atoms with Gasteiger partial charge in [-0.1, -0.05) is 22.4 Å². The fourth-order valence-electron chi connectivity index (χ4n) is 3.10. The highest BCUT2D eigenvalue weighted by Gasteiger charge is 2.38. The van der Waals surface area contributed by atoms with Crippen molar-refractivity contribution in [1.29, 1.82) is 0 Å². The van der Waals surface area contributed by atoms with Gasteiger partial charge in [0.1, 0.15) is 0 Å². The second-order valence-corrected chi connectivity index (χ2v) is 6.81. The molecule has 0 aliphatic carbocycles. The standard InChI is InChI=1S/C19H16F3N5O5/c20-19(21,22)18-25-15(26-32-18)11-1-3-12(4-2-11)16(28)23-9-13-10-30-8-7-27(13)17(29)14-5-6-24-31-14/h1-6,13H,7-10H2,(H,23,28)/t13-/m1/s1. The van der Waals surface area contributed by atoms with Crippen LogP contribution in [0.15, 0.2) is 45.6 Å². The number of halogens is 3. The quantitative estimate of drug-likeness (QED) is 0.625. The van der Waals surface area contributed by atoms with Gasteiger partial charge in [0, 0.05) is 30.3 Å². The maximum Gasteiger partial charge on any atom is 0.471 e. The van der Waals surface area contributed by atoms with Crippen molar-refractivity contribution in [2.75, 3.05) is 26.3 Å². The summed E-state index contributed by atoms with van der Waals surface area (Å²) < 4.78 is 52.3. The summed E-state index contributed by atoms with van der Waals surface area (Å²) >= 11 is 0. The number of ether oxygens (including phenoxy) is 1. The van der Waals surface area contributed by atoms with Gasteiger partial charge in [0.05, 0.1) is 25.5 Å². The first-order chi connectivity index (χ1) is 15.3. The molecule has 2 amide bonds. The van der Waals surface area contributed by atoms with Crippen LogP contribution >= 0.6 is 0 Å². The van der Waals surface area contributed by atoms with E-state index in [1.807, 2.05) is 0 Å². The molecule has 2 aromatic heterocycles. The first-order valence-electron chi connectivity index (χ1n) is 9.42. The Balaban J connectivity index is 1.38. The lowest BCUT2D eigenvalue weighted by molar-refractivity contribution is -0.159. The summed E-state index contributed by atoms with van der Waals surface area (Å²) in [4.78, 5) is 29.9. The molecule has 168 valence electrons. The molecular formula is C19H16F3N5O5. The second-order valence-electron chi connectivity index (χ2n) is 6.81. The highest BCUT2D eigenvalue weighted by molar-refractivity contribution is 5.95. The van der Waals surface area contributed by atoms with Crippen LogP contribution in [0.1, 0.15) is 26.8 Å². The van der Waals surface area contributed by atoms with Crippen molar-refractivity contribution in [2.24, 2.45) is 0 Å². The van der Waals surface area contributed by atoms with E-state index < -0.39 is 24.0 Å². The van der Waals surface area contributed by atoms with Crippen molar-refractivity contribution in [3.8, 4) is 11.4 Å². The third-order valence-corrected chi connectivity index (χ3v) is 4.71. The highest BCUT2D eigenvalue weighted by Crippen LogP contribution is 2.29. The Bertz CT molecular complexity index is 1080. The van der Waals surface area contributed by atoms with E-state index in [1.165, 1.54) is 36.5 Å². The monoisotopic (exact) mass is 451 g/mol. The van der Waals surface area contributed by atoms with E-state index in [-0.39, 0.29) is 41.8 Å². The lowest BCUT2D eigenvalue weighted by Crippen LogP contribution is -2.53. The SMILES string of the molecule is O=C(NC[C@@H]1COCCN1C(=O)c1ccno1)c1ccc(-c2noc(C(F)(F)F)n2)cc1. The van der Waals surface area contributed by atoms with Crippen LogP contribution in [0.3, 0.4) is 0 Å². The summed E-state index contributed by atoms with van der Waals surface area (Å²) in [6.07, 6.45) is -3.37. The number of nitrogens with zero attached hydrogens (tertiary/aromatic N) is 4. The fraction of sp³-hybridized carbons (Fsp3) is 0.316. The molecule has 1 N–H and O–H groups in total. The molecule has 3 aromatic rings. The van der Waals surface area contributed by atoms with Crippen LogP contribution in [0.2, 0.25) is 0 Å². The van der Waals surface area contributed by atoms with Gasteiger partial charge >= 0.3 is 12.1 Å². The van der Waals surface area contributed by atoms with Crippen molar-refractivity contribution in [3.63, 3.8) is 0 Å². The van der Waals surface area contributed by atoms with E-state index in [9.17, 15) is 22.8 Å². The first-order valence-corrected chi connectivity index (χ1v) is 9.42. The lowest BCUT2D eigenvalue weighted by atomic mass is 10.1. The number of amides is 2. The molecule has 1 saturated heterocycles. The van der Waals surface area contributed by atoms with E-state index in [4.69, 9.17) is 9.26 Å². The van der Waals surface area contributed by atoms with Crippen molar-refractivity contribution in [3.05, 3.63) is 53.7 Å².